The number of likely N-dealkylation sites (tertiary alicyclic amines) is 1. The summed E-state index contributed by atoms with van der Waals surface area (Å²) in [6.07, 6.45) is 3.51. The van der Waals surface area contributed by atoms with E-state index in [4.69, 9.17) is 4.74 Å². The molecule has 0 spiro atoms. The van der Waals surface area contributed by atoms with Crippen molar-refractivity contribution in [1.29, 1.82) is 0 Å². The molecule has 0 radical (unpaired) electrons. The van der Waals surface area contributed by atoms with Crippen molar-refractivity contribution in [3.05, 3.63) is 66.1 Å². The number of pyridine rings is 1. The fraction of sp³-hybridized carbons (Fsp3) is 0.346. The van der Waals surface area contributed by atoms with Gasteiger partial charge in [0.15, 0.2) is 11.6 Å². The fourth-order valence-electron chi connectivity index (χ4n) is 4.80. The Labute approximate surface area is 209 Å². The zero-order chi connectivity index (χ0) is 25.2. The van der Waals surface area contributed by atoms with Gasteiger partial charge in [-0.1, -0.05) is 13.2 Å². The van der Waals surface area contributed by atoms with Crippen molar-refractivity contribution in [3.8, 4) is 0 Å². The van der Waals surface area contributed by atoms with Gasteiger partial charge in [0.05, 0.1) is 12.2 Å². The van der Waals surface area contributed by atoms with E-state index in [-0.39, 0.29) is 48.2 Å². The van der Waals surface area contributed by atoms with E-state index in [0.29, 0.717) is 30.9 Å². The number of hydrogen-bond acceptors (Lipinski definition) is 7. The molecular weight excluding hydrogens is 463 g/mol. The molecule has 2 saturated heterocycles. The van der Waals surface area contributed by atoms with E-state index in [0.717, 1.165) is 30.8 Å². The van der Waals surface area contributed by atoms with Crippen LogP contribution in [0.5, 0.6) is 0 Å². The number of halogens is 1. The molecule has 9 nitrogen and oxygen atoms in total. The summed E-state index contributed by atoms with van der Waals surface area (Å²) >= 11 is 0. The minimum Gasteiger partial charge on any atom is -0.370 e. The first-order valence-corrected chi connectivity index (χ1v) is 12.0. The van der Waals surface area contributed by atoms with Gasteiger partial charge >= 0.3 is 0 Å². The molecule has 4 heterocycles. The van der Waals surface area contributed by atoms with Crippen LogP contribution in [-0.4, -0.2) is 60.6 Å². The molecule has 1 unspecified atom stereocenters. The van der Waals surface area contributed by atoms with Gasteiger partial charge in [0.25, 0.3) is 11.8 Å². The highest BCUT2D eigenvalue weighted by Crippen LogP contribution is 2.33. The lowest BCUT2D eigenvalue weighted by atomic mass is 10.0. The minimum atomic E-state index is -0.519. The molecule has 3 aliphatic heterocycles. The molecule has 1 aromatic carbocycles. The Kier molecular flexibility index (Phi) is 6.60. The van der Waals surface area contributed by atoms with E-state index in [1.165, 1.54) is 0 Å². The van der Waals surface area contributed by atoms with Crippen LogP contribution in [0.15, 0.2) is 49.2 Å². The van der Waals surface area contributed by atoms with Gasteiger partial charge in [-0.2, -0.15) is 0 Å². The molecule has 2 aromatic rings. The minimum absolute atomic E-state index is 0.0289. The SMILES string of the molecule is C=CC(=C)N1CCCC(Nc2nc(Nc3ccc(N4CCOCC4=O)cc3)c3c(c2F)CNC3=O)C1. The topological polar surface area (TPSA) is 98.8 Å². The van der Waals surface area contributed by atoms with E-state index in [2.05, 4.69) is 39.0 Å². The second-order valence-electron chi connectivity index (χ2n) is 9.05. The zero-order valence-corrected chi connectivity index (χ0v) is 20.0. The highest BCUT2D eigenvalue weighted by Gasteiger charge is 2.31. The Balaban J connectivity index is 1.39. The van der Waals surface area contributed by atoms with Crippen LogP contribution in [0.1, 0.15) is 28.8 Å². The van der Waals surface area contributed by atoms with Crippen LogP contribution in [0.2, 0.25) is 0 Å². The van der Waals surface area contributed by atoms with Crippen LogP contribution in [0, 0.1) is 5.82 Å². The number of carbonyl (C=O) groups is 2. The van der Waals surface area contributed by atoms with Crippen LogP contribution < -0.4 is 20.9 Å². The lowest BCUT2D eigenvalue weighted by Gasteiger charge is -2.35. The molecule has 36 heavy (non-hydrogen) atoms. The van der Waals surface area contributed by atoms with Crippen molar-refractivity contribution >= 4 is 34.8 Å². The number of allylic oxidation sites excluding steroid dienone is 1. The summed E-state index contributed by atoms with van der Waals surface area (Å²) in [5.74, 6) is -0.589. The van der Waals surface area contributed by atoms with Crippen LogP contribution in [0.4, 0.5) is 27.4 Å². The Bertz CT molecular complexity index is 1220. The van der Waals surface area contributed by atoms with Gasteiger partial charge in [0.2, 0.25) is 0 Å². The first kappa shape index (κ1) is 23.8. The molecular formula is C26H29FN6O3. The predicted octanol–water partition coefficient (Wildman–Crippen LogP) is 3.15. The van der Waals surface area contributed by atoms with Crippen molar-refractivity contribution in [2.75, 3.05) is 48.4 Å². The van der Waals surface area contributed by atoms with E-state index >= 15 is 4.39 Å². The van der Waals surface area contributed by atoms with E-state index in [9.17, 15) is 9.59 Å². The lowest BCUT2D eigenvalue weighted by Crippen LogP contribution is -2.41. The van der Waals surface area contributed by atoms with Crippen LogP contribution >= 0.6 is 0 Å². The quantitative estimate of drug-likeness (QED) is 0.511. The van der Waals surface area contributed by atoms with E-state index in [1.54, 1.807) is 23.1 Å². The van der Waals surface area contributed by atoms with Crippen LogP contribution in [-0.2, 0) is 16.1 Å². The van der Waals surface area contributed by atoms with Gasteiger partial charge in [-0.05, 0) is 43.2 Å². The molecule has 188 valence electrons. The summed E-state index contributed by atoms with van der Waals surface area (Å²) in [4.78, 5) is 32.9. The molecule has 0 aliphatic carbocycles. The van der Waals surface area contributed by atoms with Gasteiger partial charge < -0.3 is 30.5 Å². The van der Waals surface area contributed by atoms with E-state index in [1.807, 2.05) is 12.1 Å². The molecule has 2 amide bonds. The third-order valence-corrected chi connectivity index (χ3v) is 6.72. The summed E-state index contributed by atoms with van der Waals surface area (Å²) in [5.41, 5.74) is 2.75. The molecule has 2 fully saturated rings. The van der Waals surface area contributed by atoms with Gasteiger partial charge in [0.1, 0.15) is 12.4 Å². The molecule has 10 heteroatoms. The number of rotatable bonds is 7. The number of nitrogens with one attached hydrogen (secondary N) is 3. The smallest absolute Gasteiger partial charge is 0.255 e. The third kappa shape index (κ3) is 4.64. The van der Waals surface area contributed by atoms with Gasteiger partial charge in [0, 0.05) is 54.9 Å². The largest absolute Gasteiger partial charge is 0.370 e. The Morgan fingerprint density at radius 1 is 1.22 bits per heavy atom. The molecule has 5 rings (SSSR count). The number of anilines is 4. The number of amides is 2. The predicted molar refractivity (Wildman–Crippen MR) is 136 cm³/mol. The summed E-state index contributed by atoms with van der Waals surface area (Å²) in [5, 5.41) is 9.12. The lowest BCUT2D eigenvalue weighted by molar-refractivity contribution is -0.125. The normalized spacial score (nSPS) is 19.5. The fourth-order valence-corrected chi connectivity index (χ4v) is 4.80. The molecule has 1 atom stereocenters. The monoisotopic (exact) mass is 492 g/mol. The molecule has 3 aliphatic rings. The number of morpholine rings is 1. The van der Waals surface area contributed by atoms with Crippen molar-refractivity contribution in [2.45, 2.75) is 25.4 Å². The summed E-state index contributed by atoms with van der Waals surface area (Å²) in [7, 11) is 0. The number of ether oxygens (including phenoxy) is 1. The first-order valence-electron chi connectivity index (χ1n) is 12.0. The second-order valence-corrected chi connectivity index (χ2v) is 9.05. The standard InChI is InChI=1S/C26H29FN6O3/c1-3-16(2)32-10-4-5-18(14-32)30-25-23(27)20-13-28-26(35)22(20)24(31-25)29-17-6-8-19(9-7-17)33-11-12-36-15-21(33)34/h3,6-9,18H,1-2,4-5,10-15H2,(H,28,35)(H2,29,30,31). The first-order chi connectivity index (χ1) is 17.4. The maximum absolute atomic E-state index is 15.4. The number of hydrogen-bond donors (Lipinski definition) is 3. The average molecular weight is 493 g/mol. The van der Waals surface area contributed by atoms with Crippen LogP contribution in [0.3, 0.4) is 0 Å². The number of aromatic nitrogens is 1. The Morgan fingerprint density at radius 2 is 2.03 bits per heavy atom. The number of benzene rings is 1. The highest BCUT2D eigenvalue weighted by atomic mass is 19.1. The maximum atomic E-state index is 15.4. The zero-order valence-electron chi connectivity index (χ0n) is 20.0. The maximum Gasteiger partial charge on any atom is 0.255 e. The number of nitrogens with zero attached hydrogens (tertiary/aromatic N) is 3. The van der Waals surface area contributed by atoms with Crippen molar-refractivity contribution in [3.63, 3.8) is 0 Å². The van der Waals surface area contributed by atoms with E-state index < -0.39 is 5.82 Å². The summed E-state index contributed by atoms with van der Waals surface area (Å²) < 4.78 is 20.6. The molecule has 1 aromatic heterocycles. The Morgan fingerprint density at radius 3 is 2.78 bits per heavy atom. The highest BCUT2D eigenvalue weighted by molar-refractivity contribution is 6.03. The Hall–Kier alpha value is -3.92. The molecule has 3 N–H and O–H groups in total. The molecule has 0 bridgehead atoms. The van der Waals surface area contributed by atoms with Gasteiger partial charge in [-0.15, -0.1) is 0 Å². The summed E-state index contributed by atoms with van der Waals surface area (Å²) in [6.45, 7) is 10.5. The number of carbonyl (C=O) groups excluding carboxylic acids is 2. The number of fused-ring (bicyclic) bond motifs is 1. The summed E-state index contributed by atoms with van der Waals surface area (Å²) in [6, 6.07) is 7.21. The second kappa shape index (κ2) is 9.98. The molecule has 0 saturated carbocycles. The average Bonchev–Trinajstić information content (AvgIpc) is 3.29. The number of piperidine rings is 1. The van der Waals surface area contributed by atoms with Gasteiger partial charge in [-0.3, -0.25) is 9.59 Å². The van der Waals surface area contributed by atoms with Crippen LogP contribution in [0.25, 0.3) is 0 Å². The third-order valence-electron chi connectivity index (χ3n) is 6.72. The van der Waals surface area contributed by atoms with Crippen molar-refractivity contribution < 1.29 is 18.7 Å². The van der Waals surface area contributed by atoms with Crippen molar-refractivity contribution in [2.24, 2.45) is 0 Å². The van der Waals surface area contributed by atoms with Gasteiger partial charge in [-0.25, -0.2) is 9.37 Å². The van der Waals surface area contributed by atoms with Crippen molar-refractivity contribution in [1.82, 2.24) is 15.2 Å².